The lowest BCUT2D eigenvalue weighted by Crippen LogP contribution is -2.45. The van der Waals surface area contributed by atoms with Gasteiger partial charge in [-0.1, -0.05) is 0 Å². The molecule has 2 N–H and O–H groups in total. The summed E-state index contributed by atoms with van der Waals surface area (Å²) in [7, 11) is 2.14. The van der Waals surface area contributed by atoms with E-state index in [0.717, 1.165) is 32.7 Å². The number of nitrogens with zero attached hydrogens (tertiary/aromatic N) is 2. The molecule has 0 aromatic rings. The molecule has 1 heterocycles. The monoisotopic (exact) mass is 199 g/mol. The third-order valence-electron chi connectivity index (χ3n) is 2.73. The molecule has 0 bridgehead atoms. The van der Waals surface area contributed by atoms with Crippen molar-refractivity contribution in [2.75, 3.05) is 46.3 Å². The molecule has 4 heteroatoms. The van der Waals surface area contributed by atoms with Crippen LogP contribution < -0.4 is 5.73 Å². The van der Waals surface area contributed by atoms with Crippen molar-refractivity contribution in [1.82, 2.24) is 9.80 Å². The summed E-state index contributed by atoms with van der Waals surface area (Å²) >= 11 is 0. The molecule has 82 valence electrons. The van der Waals surface area contributed by atoms with Crippen molar-refractivity contribution in [3.8, 4) is 0 Å². The van der Waals surface area contributed by atoms with Crippen LogP contribution in [-0.4, -0.2) is 61.9 Å². The van der Waals surface area contributed by atoms with Crippen molar-refractivity contribution in [1.29, 1.82) is 0 Å². The van der Waals surface area contributed by atoms with Gasteiger partial charge in [0.05, 0.1) is 0 Å². The average Bonchev–Trinajstić information content (AvgIpc) is 2.17. The molecule has 4 nitrogen and oxygen atoms in total. The van der Waals surface area contributed by atoms with E-state index in [2.05, 4.69) is 16.8 Å². The fourth-order valence-corrected chi connectivity index (χ4v) is 1.64. The summed E-state index contributed by atoms with van der Waals surface area (Å²) in [5.74, 6) is 0.298. The smallest absolute Gasteiger partial charge is 0.135 e. The summed E-state index contributed by atoms with van der Waals surface area (Å²) in [5.41, 5.74) is 5.32. The quantitative estimate of drug-likeness (QED) is 0.651. The largest absolute Gasteiger partial charge is 0.330 e. The van der Waals surface area contributed by atoms with Gasteiger partial charge in [-0.3, -0.25) is 4.79 Å². The number of piperazine rings is 1. The zero-order valence-electron chi connectivity index (χ0n) is 9.04. The fraction of sp³-hybridized carbons (Fsp3) is 0.900. The lowest BCUT2D eigenvalue weighted by Gasteiger charge is -2.32. The van der Waals surface area contributed by atoms with Crippen LogP contribution in [-0.2, 0) is 4.79 Å². The van der Waals surface area contributed by atoms with E-state index in [1.807, 2.05) is 0 Å². The van der Waals surface area contributed by atoms with Gasteiger partial charge < -0.3 is 15.5 Å². The number of hydrogen-bond acceptors (Lipinski definition) is 4. The zero-order valence-corrected chi connectivity index (χ0v) is 9.04. The summed E-state index contributed by atoms with van der Waals surface area (Å²) in [6.07, 6.45) is 1.20. The second-order valence-electron chi connectivity index (χ2n) is 3.97. The Kier molecular flexibility index (Phi) is 5.07. The number of nitrogens with two attached hydrogens (primary N) is 1. The van der Waals surface area contributed by atoms with Gasteiger partial charge in [0.1, 0.15) is 5.78 Å². The minimum absolute atomic E-state index is 0.298. The van der Waals surface area contributed by atoms with Crippen LogP contribution in [0.25, 0.3) is 0 Å². The van der Waals surface area contributed by atoms with Crippen LogP contribution in [0, 0.1) is 0 Å². The first-order chi connectivity index (χ1) is 6.72. The zero-order chi connectivity index (χ0) is 10.4. The fourth-order valence-electron chi connectivity index (χ4n) is 1.64. The van der Waals surface area contributed by atoms with Crippen LogP contribution in [0.4, 0.5) is 0 Å². The molecule has 1 aliphatic rings. The molecule has 0 spiro atoms. The summed E-state index contributed by atoms with van der Waals surface area (Å²) in [5, 5.41) is 0. The number of Topliss-reactive ketones (excluding diaryl/α,β-unsaturated/α-hetero) is 1. The van der Waals surface area contributed by atoms with Gasteiger partial charge in [0.2, 0.25) is 0 Å². The number of carbonyl (C=O) groups is 1. The van der Waals surface area contributed by atoms with Crippen molar-refractivity contribution >= 4 is 5.78 Å². The van der Waals surface area contributed by atoms with Gasteiger partial charge in [-0.2, -0.15) is 0 Å². The Bertz CT molecular complexity index is 176. The Hall–Kier alpha value is -0.450. The highest BCUT2D eigenvalue weighted by Gasteiger charge is 2.13. The molecular weight excluding hydrogens is 178 g/mol. The van der Waals surface area contributed by atoms with Crippen LogP contribution in [0.15, 0.2) is 0 Å². The van der Waals surface area contributed by atoms with Crippen LogP contribution in [0.5, 0.6) is 0 Å². The van der Waals surface area contributed by atoms with Gasteiger partial charge in [0, 0.05) is 45.6 Å². The Morgan fingerprint density at radius 3 is 2.43 bits per heavy atom. The Labute approximate surface area is 86.0 Å². The van der Waals surface area contributed by atoms with E-state index in [-0.39, 0.29) is 0 Å². The molecule has 0 unspecified atom stereocenters. The average molecular weight is 199 g/mol. The van der Waals surface area contributed by atoms with E-state index in [1.54, 1.807) is 0 Å². The van der Waals surface area contributed by atoms with Gasteiger partial charge in [-0.15, -0.1) is 0 Å². The molecule has 1 fully saturated rings. The molecular formula is C10H21N3O. The van der Waals surface area contributed by atoms with E-state index in [0.29, 0.717) is 25.2 Å². The molecule has 0 aromatic carbocycles. The summed E-state index contributed by atoms with van der Waals surface area (Å²) in [4.78, 5) is 15.9. The van der Waals surface area contributed by atoms with Crippen LogP contribution >= 0.6 is 0 Å². The minimum atomic E-state index is 0.298. The first-order valence-electron chi connectivity index (χ1n) is 5.35. The molecule has 14 heavy (non-hydrogen) atoms. The van der Waals surface area contributed by atoms with E-state index >= 15 is 0 Å². The second-order valence-corrected chi connectivity index (χ2v) is 3.97. The first-order valence-corrected chi connectivity index (χ1v) is 5.35. The van der Waals surface area contributed by atoms with Crippen LogP contribution in [0.3, 0.4) is 0 Å². The van der Waals surface area contributed by atoms with Crippen LogP contribution in [0.2, 0.25) is 0 Å². The molecule has 0 saturated carbocycles. The third-order valence-corrected chi connectivity index (χ3v) is 2.73. The Morgan fingerprint density at radius 1 is 1.21 bits per heavy atom. The maximum Gasteiger partial charge on any atom is 0.135 e. The van der Waals surface area contributed by atoms with E-state index in [4.69, 9.17) is 5.73 Å². The highest BCUT2D eigenvalue weighted by molar-refractivity contribution is 5.78. The van der Waals surface area contributed by atoms with Crippen molar-refractivity contribution < 1.29 is 4.79 Å². The van der Waals surface area contributed by atoms with E-state index in [9.17, 15) is 4.79 Å². The number of rotatable bonds is 5. The van der Waals surface area contributed by atoms with Gasteiger partial charge in [0.15, 0.2) is 0 Å². The first kappa shape index (κ1) is 11.6. The predicted molar refractivity (Wildman–Crippen MR) is 57.2 cm³/mol. The molecule has 0 atom stereocenters. The van der Waals surface area contributed by atoms with Crippen molar-refractivity contribution in [2.24, 2.45) is 5.73 Å². The maximum absolute atomic E-state index is 11.2. The predicted octanol–water partition coefficient (Wildman–Crippen LogP) is -0.458. The Balaban J connectivity index is 2.09. The summed E-state index contributed by atoms with van der Waals surface area (Å²) < 4.78 is 0. The minimum Gasteiger partial charge on any atom is -0.330 e. The lowest BCUT2D eigenvalue weighted by atomic mass is 10.2. The van der Waals surface area contributed by atoms with Gasteiger partial charge in [0.25, 0.3) is 0 Å². The number of ketones is 1. The maximum atomic E-state index is 11.2. The highest BCUT2D eigenvalue weighted by atomic mass is 16.1. The molecule has 1 saturated heterocycles. The molecule has 0 amide bonds. The normalized spacial score (nSPS) is 19.9. The number of hydrogen-bond donors (Lipinski definition) is 1. The Morgan fingerprint density at radius 2 is 1.86 bits per heavy atom. The van der Waals surface area contributed by atoms with Gasteiger partial charge >= 0.3 is 0 Å². The van der Waals surface area contributed by atoms with Crippen molar-refractivity contribution in [3.05, 3.63) is 0 Å². The molecule has 0 aromatic heterocycles. The van der Waals surface area contributed by atoms with Gasteiger partial charge in [-0.05, 0) is 13.6 Å². The standard InChI is InChI=1S/C10H21N3O/c1-12-6-8-13(9-7-12)5-3-10(14)2-4-11/h2-9,11H2,1H3. The van der Waals surface area contributed by atoms with Gasteiger partial charge in [-0.25, -0.2) is 0 Å². The number of carbonyl (C=O) groups excluding carboxylic acids is 1. The van der Waals surface area contributed by atoms with Crippen LogP contribution in [0.1, 0.15) is 12.8 Å². The van der Waals surface area contributed by atoms with Crippen molar-refractivity contribution in [2.45, 2.75) is 12.8 Å². The topological polar surface area (TPSA) is 49.6 Å². The molecule has 1 rings (SSSR count). The number of likely N-dealkylation sites (N-methyl/N-ethyl adjacent to an activating group) is 1. The molecule has 0 radical (unpaired) electrons. The summed E-state index contributed by atoms with van der Waals surface area (Å²) in [6, 6.07) is 0. The van der Waals surface area contributed by atoms with E-state index in [1.165, 1.54) is 0 Å². The molecule has 0 aliphatic carbocycles. The SMILES string of the molecule is CN1CCN(CCC(=O)CCN)CC1. The highest BCUT2D eigenvalue weighted by Crippen LogP contribution is 2.00. The second kappa shape index (κ2) is 6.11. The lowest BCUT2D eigenvalue weighted by molar-refractivity contribution is -0.119. The summed E-state index contributed by atoms with van der Waals surface area (Å²) in [6.45, 7) is 5.81. The van der Waals surface area contributed by atoms with E-state index < -0.39 is 0 Å². The third kappa shape index (κ3) is 4.17. The van der Waals surface area contributed by atoms with Crippen molar-refractivity contribution in [3.63, 3.8) is 0 Å². The molecule has 1 aliphatic heterocycles.